The van der Waals surface area contributed by atoms with Gasteiger partial charge < -0.3 is 19.1 Å². The molecule has 5 heteroatoms. The zero-order valence-electron chi connectivity index (χ0n) is 13.7. The van der Waals surface area contributed by atoms with Gasteiger partial charge in [-0.25, -0.2) is 0 Å². The highest BCUT2D eigenvalue weighted by molar-refractivity contribution is 5.95. The lowest BCUT2D eigenvalue weighted by Gasteiger charge is -2.63. The van der Waals surface area contributed by atoms with Crippen LogP contribution in [0, 0.1) is 5.41 Å². The van der Waals surface area contributed by atoms with Crippen molar-refractivity contribution in [2.24, 2.45) is 5.41 Å². The Balaban J connectivity index is 1.51. The maximum atomic E-state index is 12.9. The maximum Gasteiger partial charge on any atom is 0.254 e. The molecule has 0 unspecified atom stereocenters. The van der Waals surface area contributed by atoms with Crippen LogP contribution in [0.2, 0.25) is 0 Å². The molecule has 23 heavy (non-hydrogen) atoms. The molecule has 3 aliphatic rings. The Hall–Kier alpha value is -1.75. The van der Waals surface area contributed by atoms with Crippen molar-refractivity contribution in [1.82, 2.24) is 4.90 Å². The largest absolute Gasteiger partial charge is 0.454 e. The molecule has 1 spiro atoms. The van der Waals surface area contributed by atoms with E-state index in [-0.39, 0.29) is 24.2 Å². The first-order chi connectivity index (χ1) is 11.2. The first-order valence-corrected chi connectivity index (χ1v) is 8.44. The number of nitrogens with zero attached hydrogens (tertiary/aromatic N) is 1. The highest BCUT2D eigenvalue weighted by Gasteiger charge is 2.60. The molecule has 124 valence electrons. The van der Waals surface area contributed by atoms with E-state index in [1.807, 2.05) is 31.0 Å². The van der Waals surface area contributed by atoms with E-state index in [1.54, 1.807) is 6.07 Å². The number of hydrogen-bond donors (Lipinski definition) is 0. The highest BCUT2D eigenvalue weighted by atomic mass is 16.7. The van der Waals surface area contributed by atoms with Gasteiger partial charge in [-0.05, 0) is 44.4 Å². The smallest absolute Gasteiger partial charge is 0.254 e. The van der Waals surface area contributed by atoms with E-state index >= 15 is 0 Å². The fourth-order valence-electron chi connectivity index (χ4n) is 4.32. The topological polar surface area (TPSA) is 48.0 Å². The second-order valence-corrected chi connectivity index (χ2v) is 6.77. The van der Waals surface area contributed by atoms with Crippen molar-refractivity contribution in [3.05, 3.63) is 23.8 Å². The predicted octanol–water partition coefficient (Wildman–Crippen LogP) is 2.84. The fourth-order valence-corrected chi connectivity index (χ4v) is 4.32. The van der Waals surface area contributed by atoms with Crippen LogP contribution in [0.4, 0.5) is 0 Å². The number of carbonyl (C=O) groups excluding carboxylic acids is 1. The quantitative estimate of drug-likeness (QED) is 0.857. The molecule has 1 aliphatic heterocycles. The van der Waals surface area contributed by atoms with Gasteiger partial charge in [-0.2, -0.15) is 0 Å². The van der Waals surface area contributed by atoms with Crippen LogP contribution in [0.1, 0.15) is 43.0 Å². The van der Waals surface area contributed by atoms with Crippen molar-refractivity contribution in [3.8, 4) is 11.5 Å². The van der Waals surface area contributed by atoms with Gasteiger partial charge >= 0.3 is 0 Å². The van der Waals surface area contributed by atoms with Crippen molar-refractivity contribution in [1.29, 1.82) is 0 Å². The van der Waals surface area contributed by atoms with Gasteiger partial charge in [0.2, 0.25) is 6.79 Å². The van der Waals surface area contributed by atoms with Crippen molar-refractivity contribution in [2.75, 3.05) is 20.4 Å². The molecule has 0 bridgehead atoms. The Kier molecular flexibility index (Phi) is 3.48. The summed E-state index contributed by atoms with van der Waals surface area (Å²) in [5, 5.41) is 0. The minimum Gasteiger partial charge on any atom is -0.454 e. The van der Waals surface area contributed by atoms with Gasteiger partial charge in [0.25, 0.3) is 5.91 Å². The van der Waals surface area contributed by atoms with E-state index in [0.717, 1.165) is 13.0 Å². The second-order valence-electron chi connectivity index (χ2n) is 6.77. The lowest BCUT2D eigenvalue weighted by Crippen LogP contribution is -2.67. The van der Waals surface area contributed by atoms with Crippen LogP contribution < -0.4 is 9.47 Å². The van der Waals surface area contributed by atoms with Crippen LogP contribution in [-0.4, -0.2) is 43.4 Å². The van der Waals surface area contributed by atoms with Crippen molar-refractivity contribution in [2.45, 2.75) is 44.8 Å². The average molecular weight is 317 g/mol. The summed E-state index contributed by atoms with van der Waals surface area (Å²) in [5.41, 5.74) is 0.850. The molecule has 2 aliphatic carbocycles. The standard InChI is InChI=1S/C18H23NO4/c1-3-21-16-10-15(18(16)7-4-8-18)19(2)17(20)12-5-6-13-14(9-12)23-11-22-13/h5-6,9,15-16H,3-4,7-8,10-11H2,1-2H3/t15-,16+/m1/s1. The lowest BCUT2D eigenvalue weighted by atomic mass is 9.50. The lowest BCUT2D eigenvalue weighted by molar-refractivity contribution is -0.192. The molecule has 1 amide bonds. The summed E-state index contributed by atoms with van der Waals surface area (Å²) in [6.45, 7) is 3.02. The van der Waals surface area contributed by atoms with Gasteiger partial charge in [-0.1, -0.05) is 6.42 Å². The molecular formula is C18H23NO4. The second kappa shape index (κ2) is 5.41. The van der Waals surface area contributed by atoms with Gasteiger partial charge in [0, 0.05) is 30.7 Å². The van der Waals surface area contributed by atoms with Crippen molar-refractivity contribution >= 4 is 5.91 Å². The van der Waals surface area contributed by atoms with E-state index in [9.17, 15) is 4.79 Å². The van der Waals surface area contributed by atoms with Crippen molar-refractivity contribution < 1.29 is 19.0 Å². The summed E-state index contributed by atoms with van der Waals surface area (Å²) in [6.07, 6.45) is 4.84. The van der Waals surface area contributed by atoms with Crippen LogP contribution in [0.3, 0.4) is 0 Å². The zero-order valence-corrected chi connectivity index (χ0v) is 13.7. The minimum absolute atomic E-state index is 0.0505. The van der Waals surface area contributed by atoms with Crippen LogP contribution >= 0.6 is 0 Å². The third-order valence-electron chi connectivity index (χ3n) is 5.80. The zero-order chi connectivity index (χ0) is 16.0. The van der Waals surface area contributed by atoms with Crippen molar-refractivity contribution in [3.63, 3.8) is 0 Å². The highest BCUT2D eigenvalue weighted by Crippen LogP contribution is 2.59. The van der Waals surface area contributed by atoms with E-state index in [1.165, 1.54) is 19.3 Å². The summed E-state index contributed by atoms with van der Waals surface area (Å²) in [6, 6.07) is 5.70. The molecule has 2 saturated carbocycles. The summed E-state index contributed by atoms with van der Waals surface area (Å²) in [7, 11) is 1.92. The number of fused-ring (bicyclic) bond motifs is 1. The first-order valence-electron chi connectivity index (χ1n) is 8.44. The Morgan fingerprint density at radius 3 is 2.83 bits per heavy atom. The normalized spacial score (nSPS) is 26.5. The molecule has 1 heterocycles. The fraction of sp³-hybridized carbons (Fsp3) is 0.611. The van der Waals surface area contributed by atoms with Crippen LogP contribution in [0.5, 0.6) is 11.5 Å². The van der Waals surface area contributed by atoms with Gasteiger partial charge in [-0.3, -0.25) is 4.79 Å². The first kappa shape index (κ1) is 14.8. The van der Waals surface area contributed by atoms with Gasteiger partial charge in [0.15, 0.2) is 11.5 Å². The van der Waals surface area contributed by atoms with E-state index in [2.05, 4.69) is 0 Å². The predicted molar refractivity (Wildman–Crippen MR) is 84.8 cm³/mol. The third kappa shape index (κ3) is 2.13. The van der Waals surface area contributed by atoms with E-state index in [4.69, 9.17) is 14.2 Å². The Morgan fingerprint density at radius 2 is 2.13 bits per heavy atom. The molecule has 0 radical (unpaired) electrons. The molecule has 1 aromatic carbocycles. The summed E-state index contributed by atoms with van der Waals surface area (Å²) >= 11 is 0. The number of ether oxygens (including phenoxy) is 3. The molecule has 2 fully saturated rings. The number of benzene rings is 1. The molecule has 4 rings (SSSR count). The van der Waals surface area contributed by atoms with E-state index < -0.39 is 0 Å². The van der Waals surface area contributed by atoms with Gasteiger partial charge in [-0.15, -0.1) is 0 Å². The molecule has 5 nitrogen and oxygen atoms in total. The minimum atomic E-state index is 0.0505. The summed E-state index contributed by atoms with van der Waals surface area (Å²) in [5.74, 6) is 1.41. The third-order valence-corrected chi connectivity index (χ3v) is 5.80. The maximum absolute atomic E-state index is 12.9. The summed E-state index contributed by atoms with van der Waals surface area (Å²) in [4.78, 5) is 14.8. The van der Waals surface area contributed by atoms with Crippen LogP contribution in [-0.2, 0) is 4.74 Å². The molecule has 0 N–H and O–H groups in total. The Morgan fingerprint density at radius 1 is 1.35 bits per heavy atom. The Labute approximate surface area is 136 Å². The number of rotatable bonds is 4. The van der Waals surface area contributed by atoms with Crippen LogP contribution in [0.15, 0.2) is 18.2 Å². The monoisotopic (exact) mass is 317 g/mol. The van der Waals surface area contributed by atoms with E-state index in [0.29, 0.717) is 23.2 Å². The number of hydrogen-bond acceptors (Lipinski definition) is 4. The van der Waals surface area contributed by atoms with Gasteiger partial charge in [0.1, 0.15) is 0 Å². The van der Waals surface area contributed by atoms with Crippen LogP contribution in [0.25, 0.3) is 0 Å². The molecule has 0 saturated heterocycles. The number of amides is 1. The summed E-state index contributed by atoms with van der Waals surface area (Å²) < 4.78 is 16.6. The molecule has 1 aromatic rings. The Bertz CT molecular complexity index is 625. The molecular weight excluding hydrogens is 294 g/mol. The molecule has 0 aromatic heterocycles. The average Bonchev–Trinajstić information content (AvgIpc) is 2.95. The van der Waals surface area contributed by atoms with Gasteiger partial charge in [0.05, 0.1) is 6.10 Å². The SMILES string of the molecule is CCO[C@H]1C[C@@H](N(C)C(=O)c2ccc3c(c2)OCO3)C12CCC2. The number of carbonyl (C=O) groups is 1. The molecule has 2 atom stereocenters.